The summed E-state index contributed by atoms with van der Waals surface area (Å²) in [4.78, 5) is -0.283. The van der Waals surface area contributed by atoms with Crippen LogP contribution >= 0.6 is 11.6 Å². The zero-order chi connectivity index (χ0) is 14.5. The van der Waals surface area contributed by atoms with Crippen LogP contribution in [0.1, 0.15) is 6.92 Å². The zero-order valence-electron chi connectivity index (χ0n) is 10.4. The molecule has 106 valence electrons. The van der Waals surface area contributed by atoms with E-state index in [2.05, 4.69) is 11.3 Å². The zero-order valence-corrected chi connectivity index (χ0v) is 12.0. The van der Waals surface area contributed by atoms with Gasteiger partial charge in [-0.1, -0.05) is 23.8 Å². The van der Waals surface area contributed by atoms with E-state index in [0.717, 1.165) is 17.7 Å². The minimum absolute atomic E-state index is 0.0308. The molecule has 1 aromatic carbocycles. The van der Waals surface area contributed by atoms with Crippen LogP contribution in [0.4, 0.5) is 4.39 Å². The lowest BCUT2D eigenvalue weighted by molar-refractivity contribution is 0.162. The van der Waals surface area contributed by atoms with Crippen molar-refractivity contribution in [2.24, 2.45) is 0 Å². The van der Waals surface area contributed by atoms with Crippen LogP contribution in [0, 0.1) is 5.82 Å². The van der Waals surface area contributed by atoms with E-state index in [4.69, 9.17) is 16.3 Å². The molecule has 0 saturated carbocycles. The van der Waals surface area contributed by atoms with Crippen molar-refractivity contribution in [3.05, 3.63) is 41.2 Å². The fourth-order valence-electron chi connectivity index (χ4n) is 1.26. The average molecular weight is 308 g/mol. The lowest BCUT2D eigenvalue weighted by Gasteiger charge is -2.09. The summed E-state index contributed by atoms with van der Waals surface area (Å²) in [6.45, 7) is 6.08. The van der Waals surface area contributed by atoms with Gasteiger partial charge in [-0.2, -0.15) is 0 Å². The number of halogens is 2. The summed E-state index contributed by atoms with van der Waals surface area (Å²) < 4.78 is 44.2. The summed E-state index contributed by atoms with van der Waals surface area (Å²) in [6, 6.07) is 3.17. The van der Waals surface area contributed by atoms with Gasteiger partial charge in [-0.25, -0.2) is 17.5 Å². The lowest BCUT2D eigenvalue weighted by atomic mass is 10.3. The van der Waals surface area contributed by atoms with Crippen molar-refractivity contribution < 1.29 is 17.5 Å². The molecule has 0 spiro atoms. The summed E-state index contributed by atoms with van der Waals surface area (Å²) in [5, 5.41) is -0.0308. The van der Waals surface area contributed by atoms with Gasteiger partial charge in [0.1, 0.15) is 10.7 Å². The normalized spacial score (nSPS) is 11.5. The molecule has 0 aromatic heterocycles. The maximum Gasteiger partial charge on any atom is 0.242 e. The molecule has 7 heteroatoms. The Kier molecular flexibility index (Phi) is 5.93. The first-order valence-electron chi connectivity index (χ1n) is 5.50. The van der Waals surface area contributed by atoms with Crippen LogP contribution in [0.15, 0.2) is 35.2 Å². The van der Waals surface area contributed by atoms with Crippen molar-refractivity contribution in [3.8, 4) is 0 Å². The number of rotatable bonds is 7. The van der Waals surface area contributed by atoms with Gasteiger partial charge >= 0.3 is 0 Å². The molecular weight excluding hydrogens is 293 g/mol. The Morgan fingerprint density at radius 3 is 2.84 bits per heavy atom. The Morgan fingerprint density at radius 1 is 1.53 bits per heavy atom. The molecule has 0 radical (unpaired) electrons. The van der Waals surface area contributed by atoms with Crippen LogP contribution in [-0.4, -0.2) is 28.2 Å². The monoisotopic (exact) mass is 307 g/mol. The third-order valence-electron chi connectivity index (χ3n) is 2.07. The molecule has 0 fully saturated rings. The van der Waals surface area contributed by atoms with Crippen molar-refractivity contribution >= 4 is 21.6 Å². The standard InChI is InChI=1S/C12H15ClFNO3S/c1-9(2)8-18-6-5-15-19(16,17)12-7-10(14)3-4-11(12)13/h3-4,7,15H,1,5-6,8H2,2H3. The number of sulfonamides is 1. The van der Waals surface area contributed by atoms with Gasteiger partial charge in [-0.05, 0) is 25.1 Å². The average Bonchev–Trinajstić information content (AvgIpc) is 2.31. The summed E-state index contributed by atoms with van der Waals surface area (Å²) in [7, 11) is -3.84. The van der Waals surface area contributed by atoms with Gasteiger partial charge in [-0.15, -0.1) is 0 Å². The quantitative estimate of drug-likeness (QED) is 0.621. The highest BCUT2D eigenvalue weighted by Crippen LogP contribution is 2.21. The minimum atomic E-state index is -3.84. The maximum atomic E-state index is 13.0. The summed E-state index contributed by atoms with van der Waals surface area (Å²) in [5.41, 5.74) is 0.844. The van der Waals surface area contributed by atoms with Crippen LogP contribution in [-0.2, 0) is 14.8 Å². The van der Waals surface area contributed by atoms with Crippen LogP contribution in [0.5, 0.6) is 0 Å². The van der Waals surface area contributed by atoms with Crippen molar-refractivity contribution in [3.63, 3.8) is 0 Å². The maximum absolute atomic E-state index is 13.0. The first-order valence-corrected chi connectivity index (χ1v) is 7.36. The van der Waals surface area contributed by atoms with E-state index in [1.807, 2.05) is 0 Å². The summed E-state index contributed by atoms with van der Waals surface area (Å²) in [6.07, 6.45) is 0. The molecule has 19 heavy (non-hydrogen) atoms. The van der Waals surface area contributed by atoms with E-state index in [9.17, 15) is 12.8 Å². The first kappa shape index (κ1) is 16.1. The third kappa shape index (κ3) is 5.28. The number of nitrogens with one attached hydrogen (secondary N) is 1. The number of hydrogen-bond acceptors (Lipinski definition) is 3. The molecule has 1 rings (SSSR count). The van der Waals surface area contributed by atoms with Gasteiger partial charge in [-0.3, -0.25) is 0 Å². The highest BCUT2D eigenvalue weighted by atomic mass is 35.5. The van der Waals surface area contributed by atoms with Gasteiger partial charge in [0.15, 0.2) is 0 Å². The highest BCUT2D eigenvalue weighted by molar-refractivity contribution is 7.89. The van der Waals surface area contributed by atoms with Gasteiger partial charge in [0.05, 0.1) is 18.2 Å². The van der Waals surface area contributed by atoms with Gasteiger partial charge < -0.3 is 4.74 Å². The second-order valence-corrected chi connectivity index (χ2v) is 6.12. The van der Waals surface area contributed by atoms with Gasteiger partial charge in [0.25, 0.3) is 0 Å². The Morgan fingerprint density at radius 2 is 2.21 bits per heavy atom. The Labute approximate surface area is 117 Å². The van der Waals surface area contributed by atoms with Crippen LogP contribution in [0.25, 0.3) is 0 Å². The lowest BCUT2D eigenvalue weighted by Crippen LogP contribution is -2.28. The van der Waals surface area contributed by atoms with E-state index in [1.54, 1.807) is 6.92 Å². The molecule has 0 aliphatic carbocycles. The highest BCUT2D eigenvalue weighted by Gasteiger charge is 2.18. The topological polar surface area (TPSA) is 55.4 Å². The molecule has 1 aromatic rings. The largest absolute Gasteiger partial charge is 0.376 e. The number of hydrogen-bond donors (Lipinski definition) is 1. The molecule has 1 N–H and O–H groups in total. The SMILES string of the molecule is C=C(C)COCCNS(=O)(=O)c1cc(F)ccc1Cl. The predicted octanol–water partition coefficient (Wildman–Crippen LogP) is 2.35. The van der Waals surface area contributed by atoms with Gasteiger partial charge in [0.2, 0.25) is 10.0 Å². The van der Waals surface area contributed by atoms with Crippen molar-refractivity contribution in [2.75, 3.05) is 19.8 Å². The molecule has 0 bridgehead atoms. The van der Waals surface area contributed by atoms with E-state index in [-0.39, 0.29) is 23.1 Å². The summed E-state index contributed by atoms with van der Waals surface area (Å²) >= 11 is 5.73. The third-order valence-corrected chi connectivity index (χ3v) is 4.01. The van der Waals surface area contributed by atoms with Gasteiger partial charge in [0, 0.05) is 6.54 Å². The smallest absolute Gasteiger partial charge is 0.242 e. The van der Waals surface area contributed by atoms with Crippen LogP contribution < -0.4 is 4.72 Å². The first-order chi connectivity index (χ1) is 8.83. The minimum Gasteiger partial charge on any atom is -0.376 e. The predicted molar refractivity (Wildman–Crippen MR) is 72.2 cm³/mol. The van der Waals surface area contributed by atoms with E-state index < -0.39 is 15.8 Å². The molecule has 0 unspecified atom stereocenters. The van der Waals surface area contributed by atoms with E-state index in [0.29, 0.717) is 6.61 Å². The van der Waals surface area contributed by atoms with Crippen molar-refractivity contribution in [2.45, 2.75) is 11.8 Å². The molecule has 4 nitrogen and oxygen atoms in total. The second-order valence-electron chi connectivity index (χ2n) is 3.98. The molecule has 0 aliphatic rings. The molecule has 0 atom stereocenters. The van der Waals surface area contributed by atoms with Crippen molar-refractivity contribution in [1.82, 2.24) is 4.72 Å². The molecule has 0 saturated heterocycles. The Balaban J connectivity index is 2.61. The molecule has 0 aliphatic heterocycles. The number of ether oxygens (including phenoxy) is 1. The molecule has 0 amide bonds. The van der Waals surface area contributed by atoms with Crippen molar-refractivity contribution in [1.29, 1.82) is 0 Å². The Bertz CT molecular complexity index is 560. The van der Waals surface area contributed by atoms with Crippen LogP contribution in [0.2, 0.25) is 5.02 Å². The fraction of sp³-hybridized carbons (Fsp3) is 0.333. The number of benzene rings is 1. The molecule has 0 heterocycles. The fourth-order valence-corrected chi connectivity index (χ4v) is 2.78. The van der Waals surface area contributed by atoms with E-state index >= 15 is 0 Å². The molecular formula is C12H15ClFNO3S. The summed E-state index contributed by atoms with van der Waals surface area (Å²) in [5.74, 6) is -0.664. The van der Waals surface area contributed by atoms with E-state index in [1.165, 1.54) is 6.07 Å². The van der Waals surface area contributed by atoms with Crippen LogP contribution in [0.3, 0.4) is 0 Å². The second kappa shape index (κ2) is 7.00. The Hall–Kier alpha value is -0.950.